The van der Waals surface area contributed by atoms with Crippen LogP contribution in [0.3, 0.4) is 0 Å². The van der Waals surface area contributed by atoms with Crippen LogP contribution in [-0.4, -0.2) is 71.5 Å². The van der Waals surface area contributed by atoms with Gasteiger partial charge in [-0.3, -0.25) is 24.5 Å². The monoisotopic (exact) mass is 763 g/mol. The third-order valence-electron chi connectivity index (χ3n) is 8.33. The third-order valence-corrected chi connectivity index (χ3v) is 8.33. The minimum Gasteiger partial charge on any atom is -0.445 e. The van der Waals surface area contributed by atoms with Gasteiger partial charge in [-0.1, -0.05) is 88.4 Å². The quantitative estimate of drug-likeness (QED) is 0.0488. The number of hydrogen-bond donors (Lipinski definition) is 5. The highest BCUT2D eigenvalue weighted by Gasteiger charge is 2.39. The molecular formula is C38H52F3N5O8. The fraction of sp³-hybridized carbons (Fsp3) is 0.526. The van der Waals surface area contributed by atoms with Gasteiger partial charge < -0.3 is 31.0 Å². The molecule has 0 aliphatic carbocycles. The summed E-state index contributed by atoms with van der Waals surface area (Å²) in [5, 5.41) is 20.9. The number of aliphatic hydroxyl groups excluding tert-OH is 1. The normalized spacial score (nSPS) is 14.1. The number of oxime groups is 1. The molecule has 2 aromatic rings. The summed E-state index contributed by atoms with van der Waals surface area (Å²) in [5.41, 5.74) is 7.05. The number of ketones is 2. The van der Waals surface area contributed by atoms with Crippen molar-refractivity contribution in [3.05, 3.63) is 71.8 Å². The fourth-order valence-corrected chi connectivity index (χ4v) is 5.43. The number of halogens is 3. The molecule has 0 unspecified atom stereocenters. The van der Waals surface area contributed by atoms with Crippen molar-refractivity contribution in [1.82, 2.24) is 16.0 Å². The molecule has 0 fully saturated rings. The molecule has 0 aliphatic heterocycles. The van der Waals surface area contributed by atoms with Crippen LogP contribution >= 0.6 is 0 Å². The van der Waals surface area contributed by atoms with Gasteiger partial charge in [-0.2, -0.15) is 13.2 Å². The zero-order valence-corrected chi connectivity index (χ0v) is 31.1. The third kappa shape index (κ3) is 17.7. The van der Waals surface area contributed by atoms with Crippen LogP contribution in [0.15, 0.2) is 65.8 Å². The lowest BCUT2D eigenvalue weighted by Crippen LogP contribution is -2.49. The van der Waals surface area contributed by atoms with E-state index < -0.39 is 66.5 Å². The minimum atomic E-state index is -5.21. The molecule has 6 N–H and O–H groups in total. The van der Waals surface area contributed by atoms with Crippen molar-refractivity contribution in [2.75, 3.05) is 6.61 Å². The Labute approximate surface area is 313 Å². The van der Waals surface area contributed by atoms with Crippen molar-refractivity contribution >= 4 is 35.4 Å². The number of aryl methyl sites for hydroxylation is 1. The van der Waals surface area contributed by atoms with E-state index in [0.29, 0.717) is 24.8 Å². The summed E-state index contributed by atoms with van der Waals surface area (Å²) in [6, 6.07) is 16.4. The first kappa shape index (κ1) is 45.2. The molecule has 0 spiro atoms. The predicted octanol–water partition coefficient (Wildman–Crippen LogP) is 4.70. The number of nitrogens with two attached hydrogens (primary N) is 1. The zero-order valence-electron chi connectivity index (χ0n) is 31.1. The van der Waals surface area contributed by atoms with Gasteiger partial charge in [0.2, 0.25) is 11.9 Å². The number of ether oxygens (including phenoxy) is 1. The lowest BCUT2D eigenvalue weighted by molar-refractivity contribution is -0.171. The molecule has 3 amide bonds. The summed E-state index contributed by atoms with van der Waals surface area (Å²) in [4.78, 5) is 68.8. The van der Waals surface area contributed by atoms with E-state index in [-0.39, 0.29) is 49.9 Å². The Bertz CT molecular complexity index is 1520. The Morgan fingerprint density at radius 2 is 1.50 bits per heavy atom. The van der Waals surface area contributed by atoms with Gasteiger partial charge in [-0.15, -0.1) is 0 Å². The number of carbonyl (C=O) groups excluding carboxylic acids is 5. The Balaban J connectivity index is 2.11. The van der Waals surface area contributed by atoms with Crippen molar-refractivity contribution < 1.29 is 51.8 Å². The standard InChI is InChI=1S/C38H52F3N5O8/c1-24(2)20-31(32(48)21-28(47)17-11-16-26-12-7-5-8-13-26)43-34(50)29(25(3)4)22-33(49)30(44-37(52)53-23-27-14-9-6-10-15-27)18-19-54-46-36(42)45-35(51)38(39,40)41/h5-10,12-15,24-25,29-32,48H,11,16-23H2,1-4H3,(H,43,50)(H,44,52)(H3,42,45,46,51)/t29-,30-,31-,32-/m0/s1. The van der Waals surface area contributed by atoms with Crippen LogP contribution < -0.4 is 21.7 Å². The first-order valence-corrected chi connectivity index (χ1v) is 17.8. The highest BCUT2D eigenvalue weighted by atomic mass is 19.4. The summed E-state index contributed by atoms with van der Waals surface area (Å²) in [5.74, 6) is -5.87. The second-order valence-corrected chi connectivity index (χ2v) is 13.7. The number of benzene rings is 2. The van der Waals surface area contributed by atoms with Crippen LogP contribution in [0, 0.1) is 17.8 Å². The summed E-state index contributed by atoms with van der Waals surface area (Å²) < 4.78 is 42.7. The van der Waals surface area contributed by atoms with E-state index in [1.807, 2.05) is 44.2 Å². The number of rotatable bonds is 22. The highest BCUT2D eigenvalue weighted by molar-refractivity contribution is 5.98. The van der Waals surface area contributed by atoms with E-state index in [1.165, 1.54) is 5.32 Å². The average molecular weight is 764 g/mol. The van der Waals surface area contributed by atoms with E-state index in [0.717, 1.165) is 5.56 Å². The van der Waals surface area contributed by atoms with Gasteiger partial charge in [0.05, 0.1) is 18.2 Å². The van der Waals surface area contributed by atoms with Crippen molar-refractivity contribution in [2.45, 2.75) is 104 Å². The number of nitrogens with zero attached hydrogens (tertiary/aromatic N) is 1. The number of hydrogen-bond acceptors (Lipinski definition) is 9. The van der Waals surface area contributed by atoms with Gasteiger partial charge in [-0.05, 0) is 47.4 Å². The van der Waals surface area contributed by atoms with E-state index in [1.54, 1.807) is 44.2 Å². The first-order chi connectivity index (χ1) is 25.5. The first-order valence-electron chi connectivity index (χ1n) is 17.8. The molecule has 2 rings (SSSR count). The second kappa shape index (κ2) is 22.9. The van der Waals surface area contributed by atoms with Gasteiger partial charge in [0.15, 0.2) is 5.78 Å². The van der Waals surface area contributed by atoms with Gasteiger partial charge in [0.25, 0.3) is 0 Å². The number of amides is 3. The number of carbonyl (C=O) groups is 5. The molecule has 54 heavy (non-hydrogen) atoms. The van der Waals surface area contributed by atoms with Crippen molar-refractivity contribution in [3.8, 4) is 0 Å². The number of guanidine groups is 1. The van der Waals surface area contributed by atoms with Crippen LogP contribution in [0.2, 0.25) is 0 Å². The van der Waals surface area contributed by atoms with Crippen molar-refractivity contribution in [1.29, 1.82) is 0 Å². The van der Waals surface area contributed by atoms with E-state index >= 15 is 0 Å². The number of nitrogens with one attached hydrogen (secondary N) is 3. The van der Waals surface area contributed by atoms with Gasteiger partial charge in [-0.25, -0.2) is 4.79 Å². The summed E-state index contributed by atoms with van der Waals surface area (Å²) in [7, 11) is 0. The molecule has 0 saturated carbocycles. The number of alkyl carbamates (subject to hydrolysis) is 1. The van der Waals surface area contributed by atoms with Crippen LogP contribution in [0.1, 0.15) is 77.3 Å². The lowest BCUT2D eigenvalue weighted by atomic mass is 9.86. The summed E-state index contributed by atoms with van der Waals surface area (Å²) in [6.45, 7) is 6.72. The maximum Gasteiger partial charge on any atom is 0.471 e. The molecule has 2 aromatic carbocycles. The Kier molecular flexibility index (Phi) is 19.2. The molecule has 13 nitrogen and oxygen atoms in total. The van der Waals surface area contributed by atoms with Crippen molar-refractivity contribution in [2.24, 2.45) is 28.6 Å². The topological polar surface area (TPSA) is 199 Å². The van der Waals surface area contributed by atoms with Gasteiger partial charge >= 0.3 is 18.2 Å². The molecular weight excluding hydrogens is 711 g/mol. The maximum absolute atomic E-state index is 13.7. The second-order valence-electron chi connectivity index (χ2n) is 13.7. The Morgan fingerprint density at radius 3 is 2.07 bits per heavy atom. The average Bonchev–Trinajstić information content (AvgIpc) is 3.10. The van der Waals surface area contributed by atoms with Crippen LogP contribution in [0.4, 0.5) is 18.0 Å². The molecule has 0 aliphatic rings. The largest absolute Gasteiger partial charge is 0.471 e. The molecule has 4 atom stereocenters. The van der Waals surface area contributed by atoms with Crippen LogP contribution in [-0.2, 0) is 41.8 Å². The fourth-order valence-electron chi connectivity index (χ4n) is 5.43. The number of Topliss-reactive ketones (excluding diaryl/α,β-unsaturated/α-hetero) is 2. The SMILES string of the molecule is CC(C)C[C@H](NC(=O)[C@@H](CC(=O)[C@H](CCON=C(N)NC(=O)C(F)(F)F)NC(=O)OCc1ccccc1)C(C)C)[C@@H](O)CC(=O)CCCc1ccccc1. The Hall–Kier alpha value is -4.99. The molecule has 0 saturated heterocycles. The summed E-state index contributed by atoms with van der Waals surface area (Å²) in [6.07, 6.45) is -6.15. The van der Waals surface area contributed by atoms with E-state index in [2.05, 4.69) is 15.8 Å². The molecule has 0 aromatic heterocycles. The molecule has 16 heteroatoms. The van der Waals surface area contributed by atoms with E-state index in [9.17, 15) is 42.3 Å². The lowest BCUT2D eigenvalue weighted by Gasteiger charge is -2.29. The van der Waals surface area contributed by atoms with Gasteiger partial charge in [0.1, 0.15) is 19.0 Å². The Morgan fingerprint density at radius 1 is 0.889 bits per heavy atom. The van der Waals surface area contributed by atoms with Crippen molar-refractivity contribution in [3.63, 3.8) is 0 Å². The van der Waals surface area contributed by atoms with Crippen LogP contribution in [0.25, 0.3) is 0 Å². The number of alkyl halides is 3. The van der Waals surface area contributed by atoms with Crippen LogP contribution in [0.5, 0.6) is 0 Å². The number of aliphatic hydroxyl groups is 1. The predicted molar refractivity (Wildman–Crippen MR) is 194 cm³/mol. The molecule has 298 valence electrons. The minimum absolute atomic E-state index is 0.0474. The molecule has 0 bridgehead atoms. The smallest absolute Gasteiger partial charge is 0.445 e. The molecule has 0 radical (unpaired) electrons. The molecule has 0 heterocycles. The highest BCUT2D eigenvalue weighted by Crippen LogP contribution is 2.21. The maximum atomic E-state index is 13.7. The zero-order chi connectivity index (χ0) is 40.3. The van der Waals surface area contributed by atoms with E-state index in [4.69, 9.17) is 15.3 Å². The summed E-state index contributed by atoms with van der Waals surface area (Å²) >= 11 is 0. The van der Waals surface area contributed by atoms with Gasteiger partial charge in [0, 0.05) is 31.6 Å².